The van der Waals surface area contributed by atoms with Crippen LogP contribution in [-0.4, -0.2) is 57.4 Å². The van der Waals surface area contributed by atoms with E-state index in [2.05, 4.69) is 10.3 Å². The molecule has 0 bridgehead atoms. The fourth-order valence-corrected chi connectivity index (χ4v) is 2.57. The molecule has 1 saturated carbocycles. The van der Waals surface area contributed by atoms with E-state index < -0.39 is 36.2 Å². The molecule has 1 rings (SSSR count). The molecule has 1 unspecified atom stereocenters. The second kappa shape index (κ2) is 6.06. The molecule has 0 aromatic heterocycles. The second-order valence-corrected chi connectivity index (χ2v) is 5.02. The summed E-state index contributed by atoms with van der Waals surface area (Å²) in [6, 6.07) is -1.42. The van der Waals surface area contributed by atoms with Crippen LogP contribution in [0.3, 0.4) is 0 Å². The number of hydrogen-bond donors (Lipinski definition) is 6. The number of nitrogens with two attached hydrogens (primary N) is 2. The topological polar surface area (TPSA) is 171 Å². The molecular weight excluding hydrogens is 268 g/mol. The van der Waals surface area contributed by atoms with Crippen LogP contribution in [0.2, 0.25) is 0 Å². The summed E-state index contributed by atoms with van der Waals surface area (Å²) >= 11 is 0. The van der Waals surface area contributed by atoms with E-state index in [1.54, 1.807) is 0 Å². The Morgan fingerprint density at radius 2 is 2.05 bits per heavy atom. The number of nitrogens with one attached hydrogen (secondary N) is 1. The number of amides is 1. The number of carboxylic acid groups (broad SMARTS) is 1. The number of aliphatic carboxylic acids is 1. The Balaban J connectivity index is 3.02. The maximum absolute atomic E-state index is 11.1. The SMILES string of the molecule is CC(=O)NC(CO)[C@H]1C[C@@](O)(C(=O)O)C[C@@H]1N=C(N)N. The molecule has 9 heteroatoms. The molecular formula is C11H20N4O5. The Kier molecular flexibility index (Phi) is 4.90. The van der Waals surface area contributed by atoms with Crippen molar-refractivity contribution in [1.29, 1.82) is 0 Å². The fraction of sp³-hybridized carbons (Fsp3) is 0.727. The normalized spacial score (nSPS) is 30.6. The maximum atomic E-state index is 11.1. The molecule has 0 aromatic rings. The lowest BCUT2D eigenvalue weighted by Crippen LogP contribution is -2.45. The summed E-state index contributed by atoms with van der Waals surface area (Å²) in [6.07, 6.45) is -0.337. The fourth-order valence-electron chi connectivity index (χ4n) is 2.57. The van der Waals surface area contributed by atoms with Crippen LogP contribution in [0, 0.1) is 5.92 Å². The van der Waals surface area contributed by atoms with Gasteiger partial charge >= 0.3 is 5.97 Å². The van der Waals surface area contributed by atoms with Gasteiger partial charge in [0.15, 0.2) is 11.6 Å². The number of rotatable bonds is 5. The van der Waals surface area contributed by atoms with Crippen molar-refractivity contribution in [2.45, 2.75) is 37.5 Å². The van der Waals surface area contributed by atoms with Crippen molar-refractivity contribution in [3.63, 3.8) is 0 Å². The minimum absolute atomic E-state index is 0.157. The Morgan fingerprint density at radius 1 is 1.45 bits per heavy atom. The van der Waals surface area contributed by atoms with E-state index in [0.717, 1.165) is 0 Å². The average molecular weight is 288 g/mol. The number of aliphatic imine (C=N–C) groups is 1. The van der Waals surface area contributed by atoms with Crippen molar-refractivity contribution in [3.8, 4) is 0 Å². The van der Waals surface area contributed by atoms with Gasteiger partial charge in [-0.3, -0.25) is 4.79 Å². The molecule has 8 N–H and O–H groups in total. The quantitative estimate of drug-likeness (QED) is 0.237. The van der Waals surface area contributed by atoms with Gasteiger partial charge in [-0.15, -0.1) is 0 Å². The highest BCUT2D eigenvalue weighted by atomic mass is 16.4. The van der Waals surface area contributed by atoms with Crippen LogP contribution >= 0.6 is 0 Å². The Morgan fingerprint density at radius 3 is 2.45 bits per heavy atom. The van der Waals surface area contributed by atoms with Gasteiger partial charge in [0, 0.05) is 19.3 Å². The van der Waals surface area contributed by atoms with E-state index in [4.69, 9.17) is 16.6 Å². The number of guanidine groups is 1. The number of carbonyl (C=O) groups excluding carboxylic acids is 1. The van der Waals surface area contributed by atoms with E-state index >= 15 is 0 Å². The molecule has 1 aliphatic rings. The van der Waals surface area contributed by atoms with Gasteiger partial charge in [-0.1, -0.05) is 0 Å². The predicted molar refractivity (Wildman–Crippen MR) is 69.6 cm³/mol. The van der Waals surface area contributed by atoms with Crippen LogP contribution in [0.1, 0.15) is 19.8 Å². The van der Waals surface area contributed by atoms with Crippen LogP contribution in [0.5, 0.6) is 0 Å². The lowest BCUT2D eigenvalue weighted by atomic mass is 9.93. The van der Waals surface area contributed by atoms with Gasteiger partial charge in [-0.25, -0.2) is 9.79 Å². The van der Waals surface area contributed by atoms with Crippen molar-refractivity contribution in [3.05, 3.63) is 0 Å². The third kappa shape index (κ3) is 3.58. The third-order valence-corrected chi connectivity index (χ3v) is 3.43. The van der Waals surface area contributed by atoms with Crippen molar-refractivity contribution in [2.75, 3.05) is 6.61 Å². The van der Waals surface area contributed by atoms with Crippen molar-refractivity contribution in [1.82, 2.24) is 5.32 Å². The first-order valence-corrected chi connectivity index (χ1v) is 6.12. The Hall–Kier alpha value is -1.87. The standard InChI is InChI=1S/C11H20N4O5/c1-5(17)14-8(4-16)6-2-11(20,9(18)19)3-7(6)15-10(12)13/h6-8,16,20H,2-4H2,1H3,(H,14,17)(H,18,19)(H4,12,13,15)/t6-,7-,8?,11-/m0/s1. The van der Waals surface area contributed by atoms with Gasteiger partial charge in [0.2, 0.25) is 5.91 Å². The van der Waals surface area contributed by atoms with Crippen molar-refractivity contribution >= 4 is 17.8 Å². The number of aliphatic hydroxyl groups excluding tert-OH is 1. The van der Waals surface area contributed by atoms with E-state index in [1.165, 1.54) is 6.92 Å². The summed E-state index contributed by atoms with van der Waals surface area (Å²) < 4.78 is 0. The average Bonchev–Trinajstić information content (AvgIpc) is 2.63. The third-order valence-electron chi connectivity index (χ3n) is 3.43. The van der Waals surface area contributed by atoms with E-state index in [-0.39, 0.29) is 24.7 Å². The lowest BCUT2D eigenvalue weighted by Gasteiger charge is -2.25. The largest absolute Gasteiger partial charge is 0.479 e. The van der Waals surface area contributed by atoms with Crippen LogP contribution in [0.15, 0.2) is 4.99 Å². The summed E-state index contributed by atoms with van der Waals surface area (Å²) in [7, 11) is 0. The Labute approximate surface area is 115 Å². The van der Waals surface area contributed by atoms with Crippen LogP contribution in [0.4, 0.5) is 0 Å². The minimum Gasteiger partial charge on any atom is -0.479 e. The van der Waals surface area contributed by atoms with Gasteiger partial charge in [-0.05, 0) is 6.42 Å². The van der Waals surface area contributed by atoms with Crippen LogP contribution in [0.25, 0.3) is 0 Å². The lowest BCUT2D eigenvalue weighted by molar-refractivity contribution is -0.158. The number of aliphatic hydroxyl groups is 2. The zero-order valence-corrected chi connectivity index (χ0v) is 11.1. The highest BCUT2D eigenvalue weighted by molar-refractivity contribution is 5.79. The van der Waals surface area contributed by atoms with Gasteiger partial charge < -0.3 is 32.1 Å². The van der Waals surface area contributed by atoms with Crippen LogP contribution in [-0.2, 0) is 9.59 Å². The van der Waals surface area contributed by atoms with Gasteiger partial charge in [0.25, 0.3) is 0 Å². The molecule has 0 spiro atoms. The van der Waals surface area contributed by atoms with Gasteiger partial charge in [0.1, 0.15) is 0 Å². The monoisotopic (exact) mass is 288 g/mol. The Bertz CT molecular complexity index is 423. The van der Waals surface area contributed by atoms with E-state index in [1.807, 2.05) is 0 Å². The van der Waals surface area contributed by atoms with E-state index in [9.17, 15) is 19.8 Å². The summed E-state index contributed by atoms with van der Waals surface area (Å²) in [6.45, 7) is 0.868. The second-order valence-electron chi connectivity index (χ2n) is 5.02. The molecule has 114 valence electrons. The summed E-state index contributed by atoms with van der Waals surface area (Å²) in [4.78, 5) is 26.1. The number of nitrogens with zero attached hydrogens (tertiary/aromatic N) is 1. The minimum atomic E-state index is -1.97. The number of hydrogen-bond acceptors (Lipinski definition) is 5. The number of carbonyl (C=O) groups is 2. The first-order chi connectivity index (χ1) is 9.19. The molecule has 0 aromatic carbocycles. The highest BCUT2D eigenvalue weighted by Crippen LogP contribution is 2.39. The molecule has 1 aliphatic carbocycles. The van der Waals surface area contributed by atoms with Crippen LogP contribution < -0.4 is 16.8 Å². The molecule has 1 amide bonds. The molecule has 0 radical (unpaired) electrons. The first kappa shape index (κ1) is 16.2. The smallest absolute Gasteiger partial charge is 0.335 e. The number of carboxylic acids is 1. The van der Waals surface area contributed by atoms with E-state index in [0.29, 0.717) is 0 Å². The highest BCUT2D eigenvalue weighted by Gasteiger charge is 2.51. The zero-order valence-electron chi connectivity index (χ0n) is 11.1. The molecule has 0 saturated heterocycles. The van der Waals surface area contributed by atoms with Gasteiger partial charge in [-0.2, -0.15) is 0 Å². The van der Waals surface area contributed by atoms with Crippen molar-refractivity contribution < 1.29 is 24.9 Å². The zero-order chi connectivity index (χ0) is 15.5. The van der Waals surface area contributed by atoms with Crippen molar-refractivity contribution in [2.24, 2.45) is 22.4 Å². The molecule has 0 aliphatic heterocycles. The summed E-state index contributed by atoms with van der Waals surface area (Å²) in [5.41, 5.74) is 8.61. The molecule has 4 atom stereocenters. The summed E-state index contributed by atoms with van der Waals surface area (Å²) in [5.74, 6) is -2.57. The maximum Gasteiger partial charge on any atom is 0.335 e. The molecule has 0 heterocycles. The molecule has 9 nitrogen and oxygen atoms in total. The predicted octanol–water partition coefficient (Wildman–Crippen LogP) is -2.65. The molecule has 20 heavy (non-hydrogen) atoms. The molecule has 1 fully saturated rings. The summed E-state index contributed by atoms with van der Waals surface area (Å²) in [5, 5.41) is 31.0. The first-order valence-electron chi connectivity index (χ1n) is 6.12. The van der Waals surface area contributed by atoms with Gasteiger partial charge in [0.05, 0.1) is 18.7 Å².